The van der Waals surface area contributed by atoms with Gasteiger partial charge >= 0.3 is 0 Å². The molecular weight excluding hydrogens is 110 g/mol. The molecule has 0 saturated heterocycles. The summed E-state index contributed by atoms with van der Waals surface area (Å²) in [5.74, 6) is 1.02. The minimum Gasteiger partial charge on any atom is -0.499 e. The predicted molar refractivity (Wildman–Crippen MR) is 30.7 cm³/mol. The third-order valence-corrected chi connectivity index (χ3v) is 1.47. The van der Waals surface area contributed by atoms with Gasteiger partial charge in [0, 0.05) is 5.41 Å². The maximum absolute atomic E-state index is 4.89. The molecule has 1 aliphatic rings. The molecule has 1 aliphatic heterocycles. The Balaban J connectivity index is 2.36. The van der Waals surface area contributed by atoms with Crippen molar-refractivity contribution >= 4 is 11.9 Å². The average molecular weight is 117 g/mol. The number of nitrogens with one attached hydrogen (secondary N) is 1. The molecule has 0 atom stereocenters. The molecule has 1 heterocycles. The van der Waals surface area contributed by atoms with Crippen molar-refractivity contribution in [3.8, 4) is 0 Å². The molecule has 40 valence electrons. The van der Waals surface area contributed by atoms with E-state index in [4.69, 9.17) is 4.74 Å². The fourth-order valence-electron chi connectivity index (χ4n) is 0.382. The van der Waals surface area contributed by atoms with E-state index in [2.05, 4.69) is 4.72 Å². The minimum atomic E-state index is 0.862. The van der Waals surface area contributed by atoms with E-state index in [-0.39, 0.29) is 0 Å². The molecule has 0 saturated carbocycles. The lowest BCUT2D eigenvalue weighted by Crippen LogP contribution is -2.00. The molecular formula is C4H7NOS. The van der Waals surface area contributed by atoms with Crippen LogP contribution in [0.1, 0.15) is 0 Å². The molecule has 1 N–H and O–H groups in total. The van der Waals surface area contributed by atoms with Gasteiger partial charge in [-0.15, -0.1) is 0 Å². The zero-order chi connectivity index (χ0) is 5.11. The third-order valence-electron chi connectivity index (χ3n) is 0.782. The summed E-state index contributed by atoms with van der Waals surface area (Å²) in [5, 5.41) is 1.96. The molecule has 0 aliphatic carbocycles. The number of methoxy groups -OCH3 is 1. The molecule has 0 aromatic rings. The van der Waals surface area contributed by atoms with Gasteiger partial charge < -0.3 is 4.74 Å². The SMILES string of the molecule is COC1=CSNC1. The highest BCUT2D eigenvalue weighted by molar-refractivity contribution is 8.00. The molecule has 1 rings (SSSR count). The van der Waals surface area contributed by atoms with Gasteiger partial charge in [-0.1, -0.05) is 0 Å². The van der Waals surface area contributed by atoms with Crippen LogP contribution >= 0.6 is 11.9 Å². The van der Waals surface area contributed by atoms with E-state index in [0.717, 1.165) is 12.3 Å². The summed E-state index contributed by atoms with van der Waals surface area (Å²) in [6.07, 6.45) is 0. The van der Waals surface area contributed by atoms with E-state index in [9.17, 15) is 0 Å². The third kappa shape index (κ3) is 1.11. The molecule has 0 unspecified atom stereocenters. The van der Waals surface area contributed by atoms with E-state index in [0.29, 0.717) is 0 Å². The smallest absolute Gasteiger partial charge is 0.118 e. The molecule has 0 amide bonds. The molecule has 0 aromatic heterocycles. The molecule has 0 bridgehead atoms. The van der Waals surface area contributed by atoms with Crippen LogP contribution in [0.4, 0.5) is 0 Å². The highest BCUT2D eigenvalue weighted by Crippen LogP contribution is 2.10. The Labute approximate surface area is 47.1 Å². The summed E-state index contributed by atoms with van der Waals surface area (Å²) in [5.41, 5.74) is 0. The maximum Gasteiger partial charge on any atom is 0.118 e. The molecule has 0 spiro atoms. The van der Waals surface area contributed by atoms with Crippen LogP contribution in [0.15, 0.2) is 11.2 Å². The molecule has 3 heteroatoms. The van der Waals surface area contributed by atoms with Gasteiger partial charge in [-0.25, -0.2) is 0 Å². The Hall–Kier alpha value is -0.150. The van der Waals surface area contributed by atoms with E-state index in [1.165, 1.54) is 0 Å². The number of rotatable bonds is 1. The van der Waals surface area contributed by atoms with Gasteiger partial charge in [-0.2, -0.15) is 0 Å². The lowest BCUT2D eigenvalue weighted by molar-refractivity contribution is 0.288. The van der Waals surface area contributed by atoms with Crippen molar-refractivity contribution in [1.82, 2.24) is 4.72 Å². The summed E-state index contributed by atoms with van der Waals surface area (Å²) in [6, 6.07) is 0. The summed E-state index contributed by atoms with van der Waals surface area (Å²) in [7, 11) is 1.68. The number of ether oxygens (including phenoxy) is 1. The van der Waals surface area contributed by atoms with Gasteiger partial charge in [0.25, 0.3) is 0 Å². The van der Waals surface area contributed by atoms with E-state index >= 15 is 0 Å². The highest BCUT2D eigenvalue weighted by atomic mass is 32.2. The average Bonchev–Trinajstić information content (AvgIpc) is 2.14. The Kier molecular flexibility index (Phi) is 1.59. The quantitative estimate of drug-likeness (QED) is 0.511. The van der Waals surface area contributed by atoms with Crippen LogP contribution in [0.3, 0.4) is 0 Å². The summed E-state index contributed by atoms with van der Waals surface area (Å²) >= 11 is 1.57. The van der Waals surface area contributed by atoms with Gasteiger partial charge in [-0.3, -0.25) is 4.72 Å². The van der Waals surface area contributed by atoms with Gasteiger partial charge in [0.15, 0.2) is 0 Å². The zero-order valence-corrected chi connectivity index (χ0v) is 4.92. The van der Waals surface area contributed by atoms with Crippen molar-refractivity contribution in [2.24, 2.45) is 0 Å². The Morgan fingerprint density at radius 2 is 2.86 bits per heavy atom. The second-order valence-corrected chi connectivity index (χ2v) is 1.99. The molecule has 0 fully saturated rings. The fraction of sp³-hybridized carbons (Fsp3) is 0.500. The Morgan fingerprint density at radius 3 is 3.14 bits per heavy atom. The molecule has 0 aromatic carbocycles. The first-order chi connectivity index (χ1) is 3.43. The minimum absolute atomic E-state index is 0.862. The second-order valence-electron chi connectivity index (χ2n) is 1.23. The van der Waals surface area contributed by atoms with Crippen LogP contribution in [0.5, 0.6) is 0 Å². The summed E-state index contributed by atoms with van der Waals surface area (Å²) in [6.45, 7) is 0.862. The van der Waals surface area contributed by atoms with Crippen molar-refractivity contribution < 1.29 is 4.74 Å². The van der Waals surface area contributed by atoms with E-state index in [1.807, 2.05) is 5.41 Å². The highest BCUT2D eigenvalue weighted by Gasteiger charge is 2.00. The number of hydrogen-bond donors (Lipinski definition) is 1. The van der Waals surface area contributed by atoms with E-state index < -0.39 is 0 Å². The number of hydrogen-bond acceptors (Lipinski definition) is 3. The lowest BCUT2D eigenvalue weighted by Gasteiger charge is -1.93. The monoisotopic (exact) mass is 117 g/mol. The second kappa shape index (κ2) is 2.23. The molecule has 2 nitrogen and oxygen atoms in total. The lowest BCUT2D eigenvalue weighted by atomic mass is 10.6. The van der Waals surface area contributed by atoms with Crippen LogP contribution in [0.2, 0.25) is 0 Å². The first-order valence-corrected chi connectivity index (χ1v) is 2.93. The fourth-order valence-corrected chi connectivity index (χ4v) is 1.00. The van der Waals surface area contributed by atoms with Crippen LogP contribution in [0, 0.1) is 0 Å². The van der Waals surface area contributed by atoms with Crippen LogP contribution < -0.4 is 4.72 Å². The predicted octanol–water partition coefficient (Wildman–Crippen LogP) is 0.726. The van der Waals surface area contributed by atoms with Gasteiger partial charge in [-0.05, 0) is 11.9 Å². The molecule has 0 radical (unpaired) electrons. The van der Waals surface area contributed by atoms with Crippen molar-refractivity contribution in [3.63, 3.8) is 0 Å². The Morgan fingerprint density at radius 1 is 2.00 bits per heavy atom. The van der Waals surface area contributed by atoms with Crippen molar-refractivity contribution in [3.05, 3.63) is 11.2 Å². The topological polar surface area (TPSA) is 21.3 Å². The van der Waals surface area contributed by atoms with Crippen LogP contribution in [-0.2, 0) is 4.74 Å². The zero-order valence-electron chi connectivity index (χ0n) is 4.10. The van der Waals surface area contributed by atoms with Gasteiger partial charge in [0.2, 0.25) is 0 Å². The van der Waals surface area contributed by atoms with Crippen LogP contribution in [-0.4, -0.2) is 13.7 Å². The van der Waals surface area contributed by atoms with Crippen molar-refractivity contribution in [1.29, 1.82) is 0 Å². The summed E-state index contributed by atoms with van der Waals surface area (Å²) in [4.78, 5) is 0. The van der Waals surface area contributed by atoms with Crippen LogP contribution in [0.25, 0.3) is 0 Å². The van der Waals surface area contributed by atoms with E-state index in [1.54, 1.807) is 19.1 Å². The van der Waals surface area contributed by atoms with Gasteiger partial charge in [0.05, 0.1) is 13.7 Å². The standard InChI is InChI=1S/C4H7NOS/c1-6-4-2-5-7-3-4/h3,5H,2H2,1H3. The first-order valence-electron chi connectivity index (χ1n) is 2.05. The molecule has 7 heavy (non-hydrogen) atoms. The van der Waals surface area contributed by atoms with Crippen molar-refractivity contribution in [2.45, 2.75) is 0 Å². The first kappa shape index (κ1) is 5.00. The summed E-state index contributed by atoms with van der Waals surface area (Å²) < 4.78 is 7.91. The largest absolute Gasteiger partial charge is 0.499 e. The van der Waals surface area contributed by atoms with Crippen molar-refractivity contribution in [2.75, 3.05) is 13.7 Å². The van der Waals surface area contributed by atoms with Gasteiger partial charge in [0.1, 0.15) is 5.76 Å². The normalized spacial score (nSPS) is 19.3. The maximum atomic E-state index is 4.89. The Bertz CT molecular complexity index is 91.7.